The van der Waals surface area contributed by atoms with Crippen LogP contribution in [-0.4, -0.2) is 12.6 Å². The third kappa shape index (κ3) is 1.50. The fourth-order valence-corrected chi connectivity index (χ4v) is 4.30. The molecule has 0 aromatic heterocycles. The fourth-order valence-electron chi connectivity index (χ4n) is 4.30. The van der Waals surface area contributed by atoms with E-state index in [0.717, 1.165) is 23.8 Å². The fraction of sp³-hybridized carbons (Fsp3) is 1.00. The second-order valence-corrected chi connectivity index (χ2v) is 5.67. The predicted octanol–water partition coefficient (Wildman–Crippen LogP) is 2.95. The van der Waals surface area contributed by atoms with Crippen molar-refractivity contribution in [3.63, 3.8) is 0 Å². The summed E-state index contributed by atoms with van der Waals surface area (Å²) in [4.78, 5) is 0. The molecule has 1 heteroatoms. The van der Waals surface area contributed by atoms with Crippen LogP contribution in [-0.2, 0) is 0 Å². The van der Waals surface area contributed by atoms with Crippen LogP contribution in [0.2, 0.25) is 0 Å². The van der Waals surface area contributed by atoms with E-state index in [1.807, 2.05) is 0 Å². The average molecular weight is 193 g/mol. The van der Waals surface area contributed by atoms with Crippen molar-refractivity contribution in [1.82, 2.24) is 5.32 Å². The molecule has 0 amide bonds. The van der Waals surface area contributed by atoms with E-state index < -0.39 is 0 Å². The first-order valence-electron chi connectivity index (χ1n) is 6.68. The number of rotatable bonds is 0. The molecule has 14 heavy (non-hydrogen) atoms. The van der Waals surface area contributed by atoms with Gasteiger partial charge in [0.05, 0.1) is 0 Å². The van der Waals surface area contributed by atoms with E-state index in [1.165, 1.54) is 51.5 Å². The van der Waals surface area contributed by atoms with E-state index >= 15 is 0 Å². The van der Waals surface area contributed by atoms with Crippen molar-refractivity contribution < 1.29 is 0 Å². The van der Waals surface area contributed by atoms with Gasteiger partial charge < -0.3 is 5.32 Å². The van der Waals surface area contributed by atoms with E-state index in [1.54, 1.807) is 6.42 Å². The van der Waals surface area contributed by atoms with Crippen LogP contribution in [0.15, 0.2) is 0 Å². The Kier molecular flexibility index (Phi) is 2.53. The first-order chi connectivity index (χ1) is 6.95. The zero-order valence-corrected chi connectivity index (χ0v) is 9.17. The highest BCUT2D eigenvalue weighted by atomic mass is 14.9. The summed E-state index contributed by atoms with van der Waals surface area (Å²) < 4.78 is 0. The van der Waals surface area contributed by atoms with Crippen molar-refractivity contribution in [2.75, 3.05) is 6.54 Å². The van der Waals surface area contributed by atoms with Crippen LogP contribution in [0.1, 0.15) is 51.4 Å². The molecule has 0 unspecified atom stereocenters. The van der Waals surface area contributed by atoms with Gasteiger partial charge in [0.2, 0.25) is 0 Å². The molecule has 2 saturated carbocycles. The molecule has 3 rings (SSSR count). The molecule has 1 N–H and O–H groups in total. The number of fused-ring (bicyclic) bond motifs is 3. The van der Waals surface area contributed by atoms with Gasteiger partial charge in [-0.15, -0.1) is 0 Å². The number of nitrogens with one attached hydrogen (secondary N) is 1. The average Bonchev–Trinajstić information content (AvgIpc) is 2.29. The summed E-state index contributed by atoms with van der Waals surface area (Å²) in [5.74, 6) is 3.20. The van der Waals surface area contributed by atoms with Gasteiger partial charge in [0.25, 0.3) is 0 Å². The van der Waals surface area contributed by atoms with Crippen LogP contribution in [0.25, 0.3) is 0 Å². The smallest absolute Gasteiger partial charge is 0.0126 e. The Morgan fingerprint density at radius 1 is 0.714 bits per heavy atom. The van der Waals surface area contributed by atoms with E-state index in [4.69, 9.17) is 0 Å². The summed E-state index contributed by atoms with van der Waals surface area (Å²) in [5, 5.41) is 3.82. The minimum absolute atomic E-state index is 0.919. The lowest BCUT2D eigenvalue weighted by Crippen LogP contribution is -2.52. The molecule has 0 bridgehead atoms. The monoisotopic (exact) mass is 193 g/mol. The minimum Gasteiger partial charge on any atom is -0.313 e. The number of hydrogen-bond donors (Lipinski definition) is 1. The molecular formula is C13H23N. The highest BCUT2D eigenvalue weighted by molar-refractivity contribution is 4.95. The van der Waals surface area contributed by atoms with Gasteiger partial charge in [-0.05, 0) is 56.4 Å². The van der Waals surface area contributed by atoms with Crippen molar-refractivity contribution in [3.8, 4) is 0 Å². The van der Waals surface area contributed by atoms with Gasteiger partial charge in [0.1, 0.15) is 0 Å². The Labute approximate surface area is 87.7 Å². The normalized spacial score (nSPS) is 48.0. The minimum atomic E-state index is 0.919. The van der Waals surface area contributed by atoms with Gasteiger partial charge in [0.15, 0.2) is 0 Å². The standard InChI is InChI=1S/C13H23N/c1-2-6-12-10(4-1)7-8-11-5-3-9-14-13(11)12/h10-14H,1-9H2/t10-,11-,12-,13+/m0/s1. The molecule has 1 nitrogen and oxygen atoms in total. The molecule has 3 fully saturated rings. The van der Waals surface area contributed by atoms with Crippen LogP contribution in [0.4, 0.5) is 0 Å². The van der Waals surface area contributed by atoms with Crippen LogP contribution < -0.4 is 5.32 Å². The lowest BCUT2D eigenvalue weighted by molar-refractivity contribution is 0.0618. The molecule has 0 aromatic rings. The van der Waals surface area contributed by atoms with Crippen molar-refractivity contribution >= 4 is 0 Å². The second-order valence-electron chi connectivity index (χ2n) is 5.67. The van der Waals surface area contributed by atoms with Crippen LogP contribution >= 0.6 is 0 Å². The first kappa shape index (κ1) is 9.21. The highest BCUT2D eigenvalue weighted by Gasteiger charge is 2.40. The number of hydrogen-bond acceptors (Lipinski definition) is 1. The van der Waals surface area contributed by atoms with Crippen LogP contribution in [0.3, 0.4) is 0 Å². The lowest BCUT2D eigenvalue weighted by Gasteiger charge is -2.48. The SMILES string of the molecule is C1CC[C@H]2[C@@H](C1)CC[C@@H]1CCCN[C@H]12. The van der Waals surface area contributed by atoms with Gasteiger partial charge >= 0.3 is 0 Å². The molecule has 1 heterocycles. The molecule has 80 valence electrons. The van der Waals surface area contributed by atoms with Gasteiger partial charge in [-0.25, -0.2) is 0 Å². The summed E-state index contributed by atoms with van der Waals surface area (Å²) in [6.45, 7) is 1.30. The molecule has 2 aliphatic carbocycles. The molecule has 0 aromatic carbocycles. The van der Waals surface area contributed by atoms with Gasteiger partial charge in [0, 0.05) is 6.04 Å². The van der Waals surface area contributed by atoms with E-state index in [9.17, 15) is 0 Å². The zero-order valence-electron chi connectivity index (χ0n) is 9.17. The molecular weight excluding hydrogens is 170 g/mol. The van der Waals surface area contributed by atoms with E-state index in [-0.39, 0.29) is 0 Å². The molecule has 0 radical (unpaired) electrons. The van der Waals surface area contributed by atoms with Crippen LogP contribution in [0, 0.1) is 17.8 Å². The third-order valence-electron chi connectivity index (χ3n) is 4.98. The second kappa shape index (κ2) is 3.84. The maximum Gasteiger partial charge on any atom is 0.0126 e. The third-order valence-corrected chi connectivity index (χ3v) is 4.98. The molecule has 1 saturated heterocycles. The van der Waals surface area contributed by atoms with E-state index in [2.05, 4.69) is 5.32 Å². The van der Waals surface area contributed by atoms with Crippen molar-refractivity contribution in [2.45, 2.75) is 57.4 Å². The number of piperidine rings is 1. The summed E-state index contributed by atoms with van der Waals surface area (Å²) in [6.07, 6.45) is 12.1. The summed E-state index contributed by atoms with van der Waals surface area (Å²) >= 11 is 0. The lowest BCUT2D eigenvalue weighted by atomic mass is 9.63. The molecule has 3 aliphatic rings. The Morgan fingerprint density at radius 2 is 1.50 bits per heavy atom. The largest absolute Gasteiger partial charge is 0.313 e. The maximum absolute atomic E-state index is 3.82. The van der Waals surface area contributed by atoms with Crippen molar-refractivity contribution in [2.24, 2.45) is 17.8 Å². The first-order valence-corrected chi connectivity index (χ1v) is 6.68. The topological polar surface area (TPSA) is 12.0 Å². The van der Waals surface area contributed by atoms with Gasteiger partial charge in [-0.3, -0.25) is 0 Å². The Balaban J connectivity index is 1.74. The van der Waals surface area contributed by atoms with Gasteiger partial charge in [-0.1, -0.05) is 19.3 Å². The van der Waals surface area contributed by atoms with E-state index in [0.29, 0.717) is 0 Å². The Morgan fingerprint density at radius 3 is 2.50 bits per heavy atom. The van der Waals surface area contributed by atoms with Crippen LogP contribution in [0.5, 0.6) is 0 Å². The van der Waals surface area contributed by atoms with Gasteiger partial charge in [-0.2, -0.15) is 0 Å². The Bertz CT molecular complexity index is 179. The van der Waals surface area contributed by atoms with Crippen molar-refractivity contribution in [1.29, 1.82) is 0 Å². The Hall–Kier alpha value is -0.0400. The molecule has 0 spiro atoms. The zero-order chi connectivity index (χ0) is 9.38. The molecule has 4 atom stereocenters. The summed E-state index contributed by atoms with van der Waals surface area (Å²) in [5.41, 5.74) is 0. The van der Waals surface area contributed by atoms with Crippen molar-refractivity contribution in [3.05, 3.63) is 0 Å². The maximum atomic E-state index is 3.82. The summed E-state index contributed by atoms with van der Waals surface area (Å²) in [6, 6.07) is 0.919. The quantitative estimate of drug-likeness (QED) is 0.623. The highest BCUT2D eigenvalue weighted by Crippen LogP contribution is 2.44. The molecule has 1 aliphatic heterocycles. The summed E-state index contributed by atoms with van der Waals surface area (Å²) in [7, 11) is 0. The predicted molar refractivity (Wildman–Crippen MR) is 59.2 cm³/mol.